The Morgan fingerprint density at radius 2 is 2.00 bits per heavy atom. The molecule has 0 atom stereocenters. The van der Waals surface area contributed by atoms with Crippen molar-refractivity contribution >= 4 is 21.7 Å². The molecule has 0 unspecified atom stereocenters. The Bertz CT molecular complexity index is 614. The first-order valence-electron chi connectivity index (χ1n) is 4.58. The van der Waals surface area contributed by atoms with E-state index in [-0.39, 0.29) is 16.5 Å². The van der Waals surface area contributed by atoms with Crippen LogP contribution >= 0.6 is 0 Å². The molecule has 17 heavy (non-hydrogen) atoms. The summed E-state index contributed by atoms with van der Waals surface area (Å²) in [6.07, 6.45) is 5.46. The lowest BCUT2D eigenvalue weighted by Gasteiger charge is -2.06. The zero-order chi connectivity index (χ0) is 12.3. The largest absolute Gasteiger partial charge is 0.384 e. The Balaban J connectivity index is 2.32. The normalized spacial score (nSPS) is 11.1. The monoisotopic (exact) mass is 251 g/mol. The van der Waals surface area contributed by atoms with E-state index in [4.69, 9.17) is 5.73 Å². The quantitative estimate of drug-likeness (QED) is 0.809. The van der Waals surface area contributed by atoms with Gasteiger partial charge >= 0.3 is 0 Å². The van der Waals surface area contributed by atoms with Crippen molar-refractivity contribution in [1.29, 1.82) is 0 Å². The fourth-order valence-corrected chi connectivity index (χ4v) is 2.16. The van der Waals surface area contributed by atoms with Crippen molar-refractivity contribution in [2.75, 3.05) is 10.5 Å². The van der Waals surface area contributed by atoms with Crippen molar-refractivity contribution in [3.63, 3.8) is 0 Å². The highest BCUT2D eigenvalue weighted by atomic mass is 32.2. The summed E-state index contributed by atoms with van der Waals surface area (Å²) in [6.45, 7) is 0. The molecule has 0 amide bonds. The lowest BCUT2D eigenvalue weighted by atomic mass is 10.5. The van der Waals surface area contributed by atoms with E-state index in [1.54, 1.807) is 0 Å². The van der Waals surface area contributed by atoms with Crippen molar-refractivity contribution < 1.29 is 8.42 Å². The number of aromatic nitrogens is 3. The molecule has 0 aliphatic heterocycles. The minimum absolute atomic E-state index is 0.0238. The first kappa shape index (κ1) is 11.3. The van der Waals surface area contributed by atoms with Crippen LogP contribution in [0, 0.1) is 0 Å². The number of anilines is 2. The van der Waals surface area contributed by atoms with Crippen LogP contribution in [0.5, 0.6) is 0 Å². The molecule has 88 valence electrons. The molecule has 2 aromatic rings. The maximum atomic E-state index is 11.9. The van der Waals surface area contributed by atoms with E-state index in [9.17, 15) is 8.42 Å². The van der Waals surface area contributed by atoms with Crippen LogP contribution < -0.4 is 10.5 Å². The third-order valence-electron chi connectivity index (χ3n) is 1.86. The van der Waals surface area contributed by atoms with Crippen LogP contribution in [-0.4, -0.2) is 23.4 Å². The van der Waals surface area contributed by atoms with Crippen LogP contribution in [0.3, 0.4) is 0 Å². The number of nitrogens with one attached hydrogen (secondary N) is 1. The molecule has 0 radical (unpaired) electrons. The average Bonchev–Trinajstić information content (AvgIpc) is 2.30. The smallest absolute Gasteiger partial charge is 0.263 e. The Morgan fingerprint density at radius 1 is 1.18 bits per heavy atom. The zero-order valence-corrected chi connectivity index (χ0v) is 9.42. The summed E-state index contributed by atoms with van der Waals surface area (Å²) < 4.78 is 26.1. The highest BCUT2D eigenvalue weighted by Crippen LogP contribution is 2.14. The first-order chi connectivity index (χ1) is 8.08. The van der Waals surface area contributed by atoms with Gasteiger partial charge in [0, 0.05) is 24.7 Å². The van der Waals surface area contributed by atoms with Gasteiger partial charge in [-0.2, -0.15) is 0 Å². The van der Waals surface area contributed by atoms with Gasteiger partial charge in [0.1, 0.15) is 5.82 Å². The van der Waals surface area contributed by atoms with Gasteiger partial charge in [0.25, 0.3) is 10.0 Å². The molecule has 7 nitrogen and oxygen atoms in total. The van der Waals surface area contributed by atoms with Gasteiger partial charge in [0.05, 0.1) is 11.1 Å². The molecule has 0 fully saturated rings. The molecule has 2 aromatic heterocycles. The van der Waals surface area contributed by atoms with Gasteiger partial charge in [-0.15, -0.1) is 0 Å². The molecule has 0 aromatic carbocycles. The van der Waals surface area contributed by atoms with Gasteiger partial charge in [-0.3, -0.25) is 9.71 Å². The SMILES string of the molecule is Nc1cc(S(=O)(=O)Nc2cnccn2)ccn1. The van der Waals surface area contributed by atoms with E-state index in [0.29, 0.717) is 0 Å². The van der Waals surface area contributed by atoms with Crippen molar-refractivity contribution in [2.45, 2.75) is 4.90 Å². The number of hydrogen-bond donors (Lipinski definition) is 2. The Hall–Kier alpha value is -2.22. The van der Waals surface area contributed by atoms with Gasteiger partial charge in [-0.1, -0.05) is 0 Å². The second-order valence-electron chi connectivity index (χ2n) is 3.11. The van der Waals surface area contributed by atoms with E-state index in [1.807, 2.05) is 0 Å². The number of rotatable bonds is 3. The average molecular weight is 251 g/mol. The summed E-state index contributed by atoms with van der Waals surface area (Å²) in [7, 11) is -3.71. The molecule has 0 saturated heterocycles. The molecule has 2 rings (SSSR count). The van der Waals surface area contributed by atoms with Crippen LogP contribution in [0.1, 0.15) is 0 Å². The number of sulfonamides is 1. The van der Waals surface area contributed by atoms with E-state index >= 15 is 0 Å². The summed E-state index contributed by atoms with van der Waals surface area (Å²) >= 11 is 0. The molecule has 8 heteroatoms. The van der Waals surface area contributed by atoms with Gasteiger partial charge in [-0.25, -0.2) is 18.4 Å². The lowest BCUT2D eigenvalue weighted by Crippen LogP contribution is -2.14. The van der Waals surface area contributed by atoms with Gasteiger partial charge in [0.15, 0.2) is 5.82 Å². The minimum Gasteiger partial charge on any atom is -0.384 e. The molecule has 3 N–H and O–H groups in total. The van der Waals surface area contributed by atoms with E-state index < -0.39 is 10.0 Å². The first-order valence-corrected chi connectivity index (χ1v) is 6.06. The number of nitrogens with zero attached hydrogens (tertiary/aromatic N) is 3. The topological polar surface area (TPSA) is 111 Å². The van der Waals surface area contributed by atoms with Crippen LogP contribution in [0.15, 0.2) is 41.8 Å². The Labute approximate surface area is 97.8 Å². The van der Waals surface area contributed by atoms with Gasteiger partial charge in [-0.05, 0) is 6.07 Å². The molecule has 0 bridgehead atoms. The van der Waals surface area contributed by atoms with Crippen molar-refractivity contribution in [3.8, 4) is 0 Å². The third kappa shape index (κ3) is 2.67. The Morgan fingerprint density at radius 3 is 2.65 bits per heavy atom. The number of pyridine rings is 1. The number of nitrogen functional groups attached to an aromatic ring is 1. The maximum Gasteiger partial charge on any atom is 0.263 e. The maximum absolute atomic E-state index is 11.9. The lowest BCUT2D eigenvalue weighted by molar-refractivity contribution is 0.601. The molecule has 0 aliphatic rings. The van der Waals surface area contributed by atoms with Crippen molar-refractivity contribution in [3.05, 3.63) is 36.9 Å². The number of nitrogens with two attached hydrogens (primary N) is 1. The molecule has 0 spiro atoms. The summed E-state index contributed by atoms with van der Waals surface area (Å²) in [4.78, 5) is 11.3. The fraction of sp³-hybridized carbons (Fsp3) is 0. The van der Waals surface area contributed by atoms with E-state index in [0.717, 1.165) is 0 Å². The summed E-state index contributed by atoms with van der Waals surface area (Å²) in [6, 6.07) is 2.60. The predicted octanol–water partition coefficient (Wildman–Crippen LogP) is 0.255. The Kier molecular flexibility index (Phi) is 2.88. The summed E-state index contributed by atoms with van der Waals surface area (Å²) in [5, 5.41) is 0. The summed E-state index contributed by atoms with van der Waals surface area (Å²) in [5.41, 5.74) is 5.42. The van der Waals surface area contributed by atoms with Crippen LogP contribution in [0.25, 0.3) is 0 Å². The second kappa shape index (κ2) is 4.34. The van der Waals surface area contributed by atoms with E-state index in [2.05, 4.69) is 19.7 Å². The molecular weight excluding hydrogens is 242 g/mol. The third-order valence-corrected chi connectivity index (χ3v) is 3.22. The van der Waals surface area contributed by atoms with Crippen LogP contribution in [0.4, 0.5) is 11.6 Å². The highest BCUT2D eigenvalue weighted by molar-refractivity contribution is 7.92. The standard InChI is InChI=1S/C9H9N5O2S/c10-8-5-7(1-2-12-8)17(15,16)14-9-6-11-3-4-13-9/h1-6H,(H2,10,12)(H,13,14). The van der Waals surface area contributed by atoms with Crippen molar-refractivity contribution in [2.24, 2.45) is 0 Å². The van der Waals surface area contributed by atoms with Crippen molar-refractivity contribution in [1.82, 2.24) is 15.0 Å². The van der Waals surface area contributed by atoms with E-state index in [1.165, 1.54) is 36.9 Å². The predicted molar refractivity (Wildman–Crippen MR) is 61.5 cm³/mol. The molecule has 2 heterocycles. The fourth-order valence-electron chi connectivity index (χ4n) is 1.14. The molecule has 0 saturated carbocycles. The molecule has 0 aliphatic carbocycles. The number of hydrogen-bond acceptors (Lipinski definition) is 6. The van der Waals surface area contributed by atoms with Crippen LogP contribution in [0.2, 0.25) is 0 Å². The van der Waals surface area contributed by atoms with Gasteiger partial charge < -0.3 is 5.73 Å². The highest BCUT2D eigenvalue weighted by Gasteiger charge is 2.15. The van der Waals surface area contributed by atoms with Gasteiger partial charge in [0.2, 0.25) is 0 Å². The zero-order valence-electron chi connectivity index (χ0n) is 8.61. The summed E-state index contributed by atoms with van der Waals surface area (Å²) in [5.74, 6) is 0.273. The minimum atomic E-state index is -3.71. The second-order valence-corrected chi connectivity index (χ2v) is 4.79. The molecular formula is C9H9N5O2S. The van der Waals surface area contributed by atoms with Crippen LogP contribution in [-0.2, 0) is 10.0 Å².